The molecule has 2 aromatic rings. The number of nitrogens with one attached hydrogen (secondary N) is 1. The van der Waals surface area contributed by atoms with E-state index in [2.05, 4.69) is 15.3 Å². The fourth-order valence-corrected chi connectivity index (χ4v) is 3.06. The van der Waals surface area contributed by atoms with Crippen LogP contribution in [0.3, 0.4) is 0 Å². The minimum absolute atomic E-state index is 0.151. The van der Waals surface area contributed by atoms with Gasteiger partial charge in [-0.3, -0.25) is 4.79 Å². The number of nitrogen functional groups attached to an aromatic ring is 1. The maximum Gasteiger partial charge on any atom is 0.263 e. The Morgan fingerprint density at radius 2 is 2.21 bits per heavy atom. The lowest BCUT2D eigenvalue weighted by atomic mass is 9.89. The molecule has 2 heterocycles. The Bertz CT molecular complexity index is 621. The van der Waals surface area contributed by atoms with Crippen LogP contribution in [0.25, 0.3) is 10.3 Å². The number of hydrogen-bond acceptors (Lipinski definition) is 6. The van der Waals surface area contributed by atoms with Crippen LogP contribution in [0.2, 0.25) is 0 Å². The maximum absolute atomic E-state index is 12.2. The van der Waals surface area contributed by atoms with Gasteiger partial charge >= 0.3 is 0 Å². The van der Waals surface area contributed by atoms with Gasteiger partial charge in [-0.15, -0.1) is 11.3 Å². The van der Waals surface area contributed by atoms with Crippen molar-refractivity contribution in [1.29, 1.82) is 0 Å². The molecular weight excluding hydrogens is 264 g/mol. The molecule has 0 bridgehead atoms. The number of thiophene rings is 1. The molecule has 0 aromatic carbocycles. The van der Waals surface area contributed by atoms with Crippen LogP contribution >= 0.6 is 11.3 Å². The van der Waals surface area contributed by atoms with Gasteiger partial charge in [0, 0.05) is 25.5 Å². The lowest BCUT2D eigenvalue weighted by molar-refractivity contribution is 0.0177. The molecule has 3 N–H and O–H groups in total. The van der Waals surface area contributed by atoms with E-state index in [0.717, 1.165) is 12.8 Å². The zero-order valence-corrected chi connectivity index (χ0v) is 11.2. The molecule has 0 unspecified atom stereocenters. The summed E-state index contributed by atoms with van der Waals surface area (Å²) >= 11 is 1.27. The normalized spacial score (nSPS) is 22.2. The van der Waals surface area contributed by atoms with Crippen molar-refractivity contribution in [3.63, 3.8) is 0 Å². The standard InChI is InChI=1S/C12H14N4O2S/c1-18-7-4-6(5-7)16-11(17)10-8(13)9-12(19-10)15-3-2-14-9/h2-3,6-7H,4-5,13H2,1H3,(H,16,17). The molecule has 0 saturated heterocycles. The topological polar surface area (TPSA) is 90.1 Å². The Morgan fingerprint density at radius 1 is 1.47 bits per heavy atom. The van der Waals surface area contributed by atoms with Crippen molar-refractivity contribution in [3.05, 3.63) is 17.3 Å². The number of anilines is 1. The van der Waals surface area contributed by atoms with Crippen LogP contribution in [0.4, 0.5) is 5.69 Å². The number of aromatic nitrogens is 2. The van der Waals surface area contributed by atoms with Crippen LogP contribution in [0.1, 0.15) is 22.5 Å². The van der Waals surface area contributed by atoms with Gasteiger partial charge in [0.05, 0.1) is 11.8 Å². The summed E-state index contributed by atoms with van der Waals surface area (Å²) in [4.78, 5) is 21.6. The molecule has 0 aliphatic heterocycles. The minimum Gasteiger partial charge on any atom is -0.396 e. The quantitative estimate of drug-likeness (QED) is 0.880. The summed E-state index contributed by atoms with van der Waals surface area (Å²) in [6.45, 7) is 0. The predicted octanol–water partition coefficient (Wildman–Crippen LogP) is 1.18. The van der Waals surface area contributed by atoms with Crippen molar-refractivity contribution in [2.45, 2.75) is 25.0 Å². The van der Waals surface area contributed by atoms with Gasteiger partial charge in [-0.1, -0.05) is 0 Å². The lowest BCUT2D eigenvalue weighted by Gasteiger charge is -2.34. The number of rotatable bonds is 3. The van der Waals surface area contributed by atoms with E-state index in [4.69, 9.17) is 10.5 Å². The van der Waals surface area contributed by atoms with Crippen LogP contribution < -0.4 is 11.1 Å². The fourth-order valence-electron chi connectivity index (χ4n) is 2.14. The number of nitrogens with two attached hydrogens (primary N) is 1. The second-order valence-corrected chi connectivity index (χ2v) is 5.55. The predicted molar refractivity (Wildman–Crippen MR) is 73.1 cm³/mol. The Hall–Kier alpha value is -1.73. The second kappa shape index (κ2) is 4.75. The van der Waals surface area contributed by atoms with Gasteiger partial charge in [0.2, 0.25) is 0 Å². The number of ether oxygens (including phenoxy) is 1. The first kappa shape index (κ1) is 12.3. The molecule has 2 aromatic heterocycles. The fraction of sp³-hybridized carbons (Fsp3) is 0.417. The smallest absolute Gasteiger partial charge is 0.263 e. The molecule has 0 spiro atoms. The average Bonchev–Trinajstić information content (AvgIpc) is 2.71. The van der Waals surface area contributed by atoms with Gasteiger partial charge in [-0.05, 0) is 12.8 Å². The largest absolute Gasteiger partial charge is 0.396 e. The minimum atomic E-state index is -0.151. The van der Waals surface area contributed by atoms with Gasteiger partial charge in [0.25, 0.3) is 5.91 Å². The first-order chi connectivity index (χ1) is 9.19. The number of nitrogens with zero attached hydrogens (tertiary/aromatic N) is 2. The van der Waals surface area contributed by atoms with Crippen molar-refractivity contribution in [1.82, 2.24) is 15.3 Å². The van der Waals surface area contributed by atoms with Gasteiger partial charge in [0.15, 0.2) is 0 Å². The van der Waals surface area contributed by atoms with E-state index in [1.54, 1.807) is 19.5 Å². The number of methoxy groups -OCH3 is 1. The molecule has 7 heteroatoms. The molecule has 1 saturated carbocycles. The van der Waals surface area contributed by atoms with Crippen LogP contribution in [0, 0.1) is 0 Å². The molecule has 1 fully saturated rings. The number of amides is 1. The van der Waals surface area contributed by atoms with Crippen LogP contribution in [-0.4, -0.2) is 35.1 Å². The summed E-state index contributed by atoms with van der Waals surface area (Å²) in [6.07, 6.45) is 5.12. The van der Waals surface area contributed by atoms with Crippen molar-refractivity contribution in [2.24, 2.45) is 0 Å². The van der Waals surface area contributed by atoms with E-state index in [1.165, 1.54) is 11.3 Å². The molecule has 19 heavy (non-hydrogen) atoms. The molecule has 1 amide bonds. The molecular formula is C12H14N4O2S. The highest BCUT2D eigenvalue weighted by Crippen LogP contribution is 2.31. The lowest BCUT2D eigenvalue weighted by Crippen LogP contribution is -2.47. The third kappa shape index (κ3) is 2.15. The third-order valence-electron chi connectivity index (χ3n) is 3.33. The summed E-state index contributed by atoms with van der Waals surface area (Å²) in [5.74, 6) is -0.151. The molecule has 0 atom stereocenters. The highest BCUT2D eigenvalue weighted by Gasteiger charge is 2.31. The third-order valence-corrected chi connectivity index (χ3v) is 4.43. The zero-order valence-electron chi connectivity index (χ0n) is 10.4. The highest BCUT2D eigenvalue weighted by molar-refractivity contribution is 7.21. The van der Waals surface area contributed by atoms with E-state index < -0.39 is 0 Å². The number of carbonyl (C=O) groups excluding carboxylic acids is 1. The molecule has 1 aliphatic carbocycles. The van der Waals surface area contributed by atoms with Crippen LogP contribution in [-0.2, 0) is 4.74 Å². The van der Waals surface area contributed by atoms with E-state index >= 15 is 0 Å². The Kier molecular flexibility index (Phi) is 3.08. The second-order valence-electron chi connectivity index (χ2n) is 4.55. The van der Waals surface area contributed by atoms with Gasteiger partial charge in [0.1, 0.15) is 15.2 Å². The summed E-state index contributed by atoms with van der Waals surface area (Å²) in [5.41, 5.74) is 6.96. The van der Waals surface area contributed by atoms with E-state index in [1.807, 2.05) is 0 Å². The highest BCUT2D eigenvalue weighted by atomic mass is 32.1. The first-order valence-corrected chi connectivity index (χ1v) is 6.83. The van der Waals surface area contributed by atoms with Crippen molar-refractivity contribution in [2.75, 3.05) is 12.8 Å². The Balaban J connectivity index is 1.77. The first-order valence-electron chi connectivity index (χ1n) is 6.01. The summed E-state index contributed by atoms with van der Waals surface area (Å²) < 4.78 is 5.18. The molecule has 3 rings (SSSR count). The summed E-state index contributed by atoms with van der Waals surface area (Å²) in [6, 6.07) is 0.169. The average molecular weight is 278 g/mol. The van der Waals surface area contributed by atoms with Gasteiger partial charge in [-0.25, -0.2) is 9.97 Å². The Morgan fingerprint density at radius 3 is 2.89 bits per heavy atom. The summed E-state index contributed by atoms with van der Waals surface area (Å²) in [5, 5.41) is 2.95. The number of carbonyl (C=O) groups is 1. The SMILES string of the molecule is COC1CC(NC(=O)c2sc3nccnc3c2N)C1. The van der Waals surface area contributed by atoms with Crippen molar-refractivity contribution < 1.29 is 9.53 Å². The van der Waals surface area contributed by atoms with E-state index in [0.29, 0.717) is 20.9 Å². The molecule has 100 valence electrons. The maximum atomic E-state index is 12.2. The van der Waals surface area contributed by atoms with Crippen LogP contribution in [0.5, 0.6) is 0 Å². The van der Waals surface area contributed by atoms with E-state index in [-0.39, 0.29) is 18.1 Å². The van der Waals surface area contributed by atoms with Crippen molar-refractivity contribution >= 4 is 33.3 Å². The monoisotopic (exact) mass is 278 g/mol. The van der Waals surface area contributed by atoms with Crippen molar-refractivity contribution in [3.8, 4) is 0 Å². The number of hydrogen-bond donors (Lipinski definition) is 2. The van der Waals surface area contributed by atoms with Gasteiger partial charge in [-0.2, -0.15) is 0 Å². The van der Waals surface area contributed by atoms with E-state index in [9.17, 15) is 4.79 Å². The Labute approximate surface area is 114 Å². The summed E-state index contributed by atoms with van der Waals surface area (Å²) in [7, 11) is 1.68. The zero-order chi connectivity index (χ0) is 13.4. The van der Waals surface area contributed by atoms with Crippen LogP contribution in [0.15, 0.2) is 12.4 Å². The van der Waals surface area contributed by atoms with Gasteiger partial charge < -0.3 is 15.8 Å². The number of fused-ring (bicyclic) bond motifs is 1. The molecule has 1 aliphatic rings. The molecule has 0 radical (unpaired) electrons. The molecule has 6 nitrogen and oxygen atoms in total.